The number of pyridine rings is 1. The lowest BCUT2D eigenvalue weighted by atomic mass is 10.0. The molecular formula is C23H22FN7O2. The molecule has 168 valence electrons. The van der Waals surface area contributed by atoms with Crippen molar-refractivity contribution in [3.63, 3.8) is 0 Å². The Bertz CT molecular complexity index is 1240. The zero-order valence-corrected chi connectivity index (χ0v) is 17.8. The molecule has 0 saturated carbocycles. The summed E-state index contributed by atoms with van der Waals surface area (Å²) in [5, 5.41) is 16.9. The largest absolute Gasteiger partial charge is 0.372 e. The first-order valence-electron chi connectivity index (χ1n) is 10.5. The summed E-state index contributed by atoms with van der Waals surface area (Å²) >= 11 is 0. The maximum atomic E-state index is 14.6. The highest BCUT2D eigenvalue weighted by molar-refractivity contribution is 6.01. The van der Waals surface area contributed by atoms with Gasteiger partial charge in [0, 0.05) is 25.4 Å². The molecular weight excluding hydrogens is 425 g/mol. The van der Waals surface area contributed by atoms with Crippen molar-refractivity contribution in [2.75, 3.05) is 18.0 Å². The molecule has 2 amide bonds. The quantitative estimate of drug-likeness (QED) is 0.593. The number of anilines is 1. The summed E-state index contributed by atoms with van der Waals surface area (Å²) in [5.74, 6) is 0.0890. The number of carbonyl (C=O) groups is 2. The Balaban J connectivity index is 0.000000821. The van der Waals surface area contributed by atoms with Crippen molar-refractivity contribution in [1.82, 2.24) is 20.1 Å². The van der Waals surface area contributed by atoms with Gasteiger partial charge in [0.15, 0.2) is 5.82 Å². The molecule has 0 unspecified atom stereocenters. The van der Waals surface area contributed by atoms with E-state index < -0.39 is 5.82 Å². The Morgan fingerprint density at radius 1 is 1.18 bits per heavy atom. The van der Waals surface area contributed by atoms with E-state index in [0.717, 1.165) is 31.7 Å². The third kappa shape index (κ3) is 4.25. The Labute approximate surface area is 189 Å². The fraction of sp³-hybridized carbons (Fsp3) is 0.261. The molecule has 3 aromatic rings. The summed E-state index contributed by atoms with van der Waals surface area (Å²) in [6.45, 7) is 2.17. The highest BCUT2D eigenvalue weighted by atomic mass is 19.1. The van der Waals surface area contributed by atoms with E-state index in [0.29, 0.717) is 22.6 Å². The number of nitrogens with one attached hydrogen (secondary N) is 1. The molecule has 0 spiro atoms. The Morgan fingerprint density at radius 2 is 1.94 bits per heavy atom. The topological polar surface area (TPSA) is 130 Å². The molecule has 2 aliphatic rings. The second-order valence-corrected chi connectivity index (χ2v) is 7.61. The lowest BCUT2D eigenvalue weighted by molar-refractivity contribution is -0.106. The van der Waals surface area contributed by atoms with Gasteiger partial charge in [-0.3, -0.25) is 9.59 Å². The van der Waals surface area contributed by atoms with Gasteiger partial charge in [0.1, 0.15) is 5.82 Å². The van der Waals surface area contributed by atoms with Gasteiger partial charge < -0.3 is 16.0 Å². The molecule has 1 saturated heterocycles. The second kappa shape index (κ2) is 9.48. The van der Waals surface area contributed by atoms with Crippen LogP contribution in [0.3, 0.4) is 0 Å². The van der Waals surface area contributed by atoms with Crippen LogP contribution >= 0.6 is 0 Å². The van der Waals surface area contributed by atoms with Crippen molar-refractivity contribution >= 4 is 18.1 Å². The summed E-state index contributed by atoms with van der Waals surface area (Å²) in [5.41, 5.74) is 6.29. The van der Waals surface area contributed by atoms with Crippen LogP contribution in [0.5, 0.6) is 0 Å². The molecule has 2 aliphatic heterocycles. The second-order valence-electron chi connectivity index (χ2n) is 7.61. The number of carbonyl (C=O) groups excluding carboxylic acids is 2. The summed E-state index contributed by atoms with van der Waals surface area (Å²) in [6, 6.07) is 9.94. The average Bonchev–Trinajstić information content (AvgIpc) is 3.47. The molecule has 5 rings (SSSR count). The van der Waals surface area contributed by atoms with E-state index in [9.17, 15) is 14.4 Å². The van der Waals surface area contributed by atoms with E-state index >= 15 is 0 Å². The third-order valence-corrected chi connectivity index (χ3v) is 5.61. The van der Waals surface area contributed by atoms with E-state index in [2.05, 4.69) is 20.9 Å². The van der Waals surface area contributed by atoms with Crippen LogP contribution in [0.2, 0.25) is 0 Å². The predicted octanol–water partition coefficient (Wildman–Crippen LogP) is 2.28. The third-order valence-electron chi connectivity index (χ3n) is 5.61. The van der Waals surface area contributed by atoms with Crippen LogP contribution < -0.4 is 16.0 Å². The van der Waals surface area contributed by atoms with Gasteiger partial charge in [-0.2, -0.15) is 10.4 Å². The van der Waals surface area contributed by atoms with E-state index in [1.54, 1.807) is 16.8 Å². The lowest BCUT2D eigenvalue weighted by Gasteiger charge is -2.26. The Kier molecular flexibility index (Phi) is 6.31. The SMILES string of the molecule is N#Cc1cccc(F)c1-c1cc(-n2ccc(N3CCCCC3)n2)c2c(n1)CNC2=O.NC=O. The number of primary amides is 1. The average molecular weight is 447 g/mol. The van der Waals surface area contributed by atoms with Crippen molar-refractivity contribution < 1.29 is 14.0 Å². The van der Waals surface area contributed by atoms with Crippen molar-refractivity contribution in [2.45, 2.75) is 25.8 Å². The number of amides is 2. The van der Waals surface area contributed by atoms with Crippen LogP contribution in [0.15, 0.2) is 36.5 Å². The summed E-state index contributed by atoms with van der Waals surface area (Å²) in [7, 11) is 0. The van der Waals surface area contributed by atoms with E-state index in [-0.39, 0.29) is 30.0 Å². The number of benzene rings is 1. The first-order chi connectivity index (χ1) is 16.1. The highest BCUT2D eigenvalue weighted by Crippen LogP contribution is 2.31. The fourth-order valence-corrected chi connectivity index (χ4v) is 4.14. The van der Waals surface area contributed by atoms with Crippen molar-refractivity contribution in [1.29, 1.82) is 5.26 Å². The first kappa shape index (κ1) is 22.0. The van der Waals surface area contributed by atoms with E-state index in [1.165, 1.54) is 18.6 Å². The smallest absolute Gasteiger partial charge is 0.255 e. The van der Waals surface area contributed by atoms with E-state index in [1.807, 2.05) is 18.3 Å². The molecule has 1 fully saturated rings. The first-order valence-corrected chi connectivity index (χ1v) is 10.5. The maximum Gasteiger partial charge on any atom is 0.255 e. The van der Waals surface area contributed by atoms with Crippen LogP contribution in [0.4, 0.5) is 10.2 Å². The van der Waals surface area contributed by atoms with Gasteiger partial charge in [0.05, 0.1) is 46.4 Å². The number of rotatable bonds is 3. The minimum Gasteiger partial charge on any atom is -0.372 e. The Morgan fingerprint density at radius 3 is 2.67 bits per heavy atom. The molecule has 3 N–H and O–H groups in total. The molecule has 1 aromatic carbocycles. The summed E-state index contributed by atoms with van der Waals surface area (Å²) in [4.78, 5) is 27.8. The van der Waals surface area contributed by atoms with Gasteiger partial charge in [-0.05, 0) is 37.5 Å². The number of halogens is 1. The van der Waals surface area contributed by atoms with Crippen molar-refractivity contribution in [3.05, 3.63) is 59.2 Å². The van der Waals surface area contributed by atoms with Gasteiger partial charge in [0.25, 0.3) is 5.91 Å². The molecule has 4 heterocycles. The molecule has 33 heavy (non-hydrogen) atoms. The molecule has 0 atom stereocenters. The standard InChI is InChI=1S/C22H19FN6O.CH3NO/c23-15-6-4-5-14(12-24)20(15)16-11-18(21-17(26-16)13-25-22(21)30)29-10-7-19(27-29)28-8-2-1-3-9-28;2-1-3/h4-7,10-11H,1-3,8-9,13H2,(H,25,30);1H,(H2,2,3). The number of hydrogen-bond donors (Lipinski definition) is 2. The maximum absolute atomic E-state index is 14.6. The number of fused-ring (bicyclic) bond motifs is 1. The molecule has 9 nitrogen and oxygen atoms in total. The summed E-state index contributed by atoms with van der Waals surface area (Å²) < 4.78 is 16.3. The summed E-state index contributed by atoms with van der Waals surface area (Å²) in [6.07, 6.45) is 5.55. The number of nitrogens with zero attached hydrogens (tertiary/aromatic N) is 5. The van der Waals surface area contributed by atoms with Crippen LogP contribution in [-0.4, -0.2) is 40.2 Å². The van der Waals surface area contributed by atoms with Gasteiger partial charge in [-0.15, -0.1) is 0 Å². The molecule has 0 radical (unpaired) electrons. The van der Waals surface area contributed by atoms with Crippen molar-refractivity contribution in [3.8, 4) is 23.0 Å². The van der Waals surface area contributed by atoms with Crippen LogP contribution in [0.25, 0.3) is 16.9 Å². The highest BCUT2D eigenvalue weighted by Gasteiger charge is 2.28. The zero-order valence-electron chi connectivity index (χ0n) is 17.8. The van der Waals surface area contributed by atoms with Crippen molar-refractivity contribution in [2.24, 2.45) is 5.73 Å². The van der Waals surface area contributed by atoms with Gasteiger partial charge >= 0.3 is 0 Å². The molecule has 0 aliphatic carbocycles. The number of nitrogens with two attached hydrogens (primary N) is 1. The number of nitriles is 1. The van der Waals surface area contributed by atoms with Gasteiger partial charge in [-0.25, -0.2) is 14.1 Å². The minimum absolute atomic E-state index is 0.131. The predicted molar refractivity (Wildman–Crippen MR) is 119 cm³/mol. The Hall–Kier alpha value is -4.26. The molecule has 0 bridgehead atoms. The van der Waals surface area contributed by atoms with Crippen LogP contribution in [0, 0.1) is 17.1 Å². The number of aromatic nitrogens is 3. The fourth-order valence-electron chi connectivity index (χ4n) is 4.14. The van der Waals surface area contributed by atoms with Gasteiger partial charge in [-0.1, -0.05) is 6.07 Å². The monoisotopic (exact) mass is 447 g/mol. The number of piperidine rings is 1. The van der Waals surface area contributed by atoms with Crippen LogP contribution in [0.1, 0.15) is 40.9 Å². The van der Waals surface area contributed by atoms with E-state index in [4.69, 9.17) is 9.89 Å². The molecule has 10 heteroatoms. The number of hydrogen-bond acceptors (Lipinski definition) is 6. The van der Waals surface area contributed by atoms with Crippen LogP contribution in [-0.2, 0) is 11.3 Å². The van der Waals surface area contributed by atoms with Gasteiger partial charge in [0.2, 0.25) is 6.41 Å². The lowest BCUT2D eigenvalue weighted by Crippen LogP contribution is -2.29. The normalized spacial score (nSPS) is 14.5. The minimum atomic E-state index is -0.529. The molecule has 2 aromatic heterocycles. The zero-order chi connectivity index (χ0) is 23.4.